The van der Waals surface area contributed by atoms with Gasteiger partial charge in [-0.25, -0.2) is 4.79 Å². The van der Waals surface area contributed by atoms with Crippen molar-refractivity contribution < 1.29 is 32.3 Å². The molecule has 0 saturated carbocycles. The number of hydrogen-bond donors (Lipinski definition) is 1. The van der Waals surface area contributed by atoms with Gasteiger partial charge < -0.3 is 15.0 Å². The first-order valence-electron chi connectivity index (χ1n) is 11.0. The van der Waals surface area contributed by atoms with Crippen LogP contribution in [0.15, 0.2) is 24.3 Å². The number of anilines is 2. The third-order valence-electron chi connectivity index (χ3n) is 5.52. The van der Waals surface area contributed by atoms with E-state index in [1.54, 1.807) is 15.9 Å². The van der Waals surface area contributed by atoms with E-state index >= 15 is 0 Å². The Morgan fingerprint density at radius 2 is 1.88 bits per heavy atom. The molecule has 0 aromatic heterocycles. The molecule has 1 saturated heterocycles. The van der Waals surface area contributed by atoms with Gasteiger partial charge in [-0.3, -0.25) is 19.4 Å². The molecule has 3 amide bonds. The zero-order chi connectivity index (χ0) is 24.2. The average molecular weight is 470 g/mol. The van der Waals surface area contributed by atoms with Gasteiger partial charge in [0.15, 0.2) is 0 Å². The number of benzene rings is 1. The van der Waals surface area contributed by atoms with Gasteiger partial charge in [-0.2, -0.15) is 13.2 Å². The third kappa shape index (κ3) is 6.37. The van der Waals surface area contributed by atoms with Gasteiger partial charge in [0, 0.05) is 26.2 Å². The highest BCUT2D eigenvalue weighted by molar-refractivity contribution is 6.05. The Kier molecular flexibility index (Phi) is 7.83. The number of ether oxygens (including phenoxy) is 1. The summed E-state index contributed by atoms with van der Waals surface area (Å²) < 4.78 is 46.9. The molecule has 1 atom stereocenters. The summed E-state index contributed by atoms with van der Waals surface area (Å²) in [6.45, 7) is 5.43. The lowest BCUT2D eigenvalue weighted by atomic mass is 10.1. The van der Waals surface area contributed by atoms with Gasteiger partial charge in [-0.1, -0.05) is 26.0 Å². The van der Waals surface area contributed by atoms with E-state index in [1.807, 2.05) is 13.8 Å². The van der Waals surface area contributed by atoms with Crippen molar-refractivity contribution in [2.24, 2.45) is 5.92 Å². The van der Waals surface area contributed by atoms with Crippen LogP contribution in [0.5, 0.6) is 0 Å². The molecule has 0 radical (unpaired) electrons. The minimum absolute atomic E-state index is 0.0180. The van der Waals surface area contributed by atoms with Crippen LogP contribution in [0, 0.1) is 5.92 Å². The number of carbonyl (C=O) groups excluding carboxylic acids is 3. The van der Waals surface area contributed by atoms with Crippen molar-refractivity contribution in [3.63, 3.8) is 0 Å². The number of carbonyl (C=O) groups is 3. The Morgan fingerprint density at radius 3 is 2.58 bits per heavy atom. The van der Waals surface area contributed by atoms with Gasteiger partial charge in [0.05, 0.1) is 30.9 Å². The molecule has 1 fully saturated rings. The van der Waals surface area contributed by atoms with Crippen LogP contribution in [0.4, 0.5) is 29.3 Å². The minimum atomic E-state index is -4.78. The second kappa shape index (κ2) is 10.4. The Bertz CT molecular complexity index is 877. The van der Waals surface area contributed by atoms with Crippen molar-refractivity contribution in [2.75, 3.05) is 49.5 Å². The first kappa shape index (κ1) is 24.8. The second-order valence-electron chi connectivity index (χ2n) is 8.68. The number of nitrogens with zero attached hydrogens (tertiary/aromatic N) is 3. The number of alkyl halides is 3. The van der Waals surface area contributed by atoms with E-state index in [0.717, 1.165) is 0 Å². The molecule has 1 aromatic rings. The predicted molar refractivity (Wildman–Crippen MR) is 116 cm³/mol. The van der Waals surface area contributed by atoms with E-state index in [-0.39, 0.29) is 23.8 Å². The van der Waals surface area contributed by atoms with Crippen LogP contribution in [0.25, 0.3) is 0 Å². The Labute approximate surface area is 190 Å². The number of fused-ring (bicyclic) bond motifs is 1. The fourth-order valence-corrected chi connectivity index (χ4v) is 3.90. The van der Waals surface area contributed by atoms with Gasteiger partial charge >= 0.3 is 12.3 Å². The fraction of sp³-hybridized carbons (Fsp3) is 0.591. The fourth-order valence-electron chi connectivity index (χ4n) is 3.90. The van der Waals surface area contributed by atoms with Crippen molar-refractivity contribution in [3.05, 3.63) is 24.3 Å². The van der Waals surface area contributed by atoms with E-state index in [1.165, 1.54) is 18.2 Å². The summed E-state index contributed by atoms with van der Waals surface area (Å²) in [6.07, 6.45) is -5.52. The van der Waals surface area contributed by atoms with E-state index in [2.05, 4.69) is 5.32 Å². The molecule has 2 aliphatic rings. The quantitative estimate of drug-likeness (QED) is 0.732. The highest BCUT2D eigenvalue weighted by atomic mass is 19.4. The minimum Gasteiger partial charge on any atom is -0.449 e. The number of amides is 3. The van der Waals surface area contributed by atoms with Crippen molar-refractivity contribution in [3.8, 4) is 0 Å². The van der Waals surface area contributed by atoms with Crippen molar-refractivity contribution in [1.82, 2.24) is 9.80 Å². The third-order valence-corrected chi connectivity index (χ3v) is 5.52. The molecule has 0 spiro atoms. The average Bonchev–Trinajstić information content (AvgIpc) is 3.05. The molecule has 8 nitrogen and oxygen atoms in total. The summed E-state index contributed by atoms with van der Waals surface area (Å²) in [6, 6.07) is 3.71. The van der Waals surface area contributed by atoms with E-state index in [0.29, 0.717) is 44.1 Å². The van der Waals surface area contributed by atoms with Gasteiger partial charge in [-0.15, -0.1) is 0 Å². The van der Waals surface area contributed by atoms with Gasteiger partial charge in [0.1, 0.15) is 6.04 Å². The zero-order valence-electron chi connectivity index (χ0n) is 18.7. The van der Waals surface area contributed by atoms with Crippen LogP contribution in [-0.2, 0) is 14.3 Å². The first-order valence-corrected chi connectivity index (χ1v) is 11.0. The van der Waals surface area contributed by atoms with Gasteiger partial charge in [0.2, 0.25) is 11.8 Å². The lowest BCUT2D eigenvalue weighted by Crippen LogP contribution is -2.52. The lowest BCUT2D eigenvalue weighted by molar-refractivity contribution is -0.158. The molecule has 0 bridgehead atoms. The summed E-state index contributed by atoms with van der Waals surface area (Å²) in [5, 5.41) is 2.46. The largest absolute Gasteiger partial charge is 0.449 e. The van der Waals surface area contributed by atoms with Crippen LogP contribution >= 0.6 is 0 Å². The van der Waals surface area contributed by atoms with E-state index in [9.17, 15) is 27.6 Å². The molecule has 1 N–H and O–H groups in total. The Hall–Kier alpha value is -2.82. The molecular weight excluding hydrogens is 441 g/mol. The van der Waals surface area contributed by atoms with E-state index < -0.39 is 36.5 Å². The molecule has 2 aliphatic heterocycles. The maximum Gasteiger partial charge on any atom is 0.409 e. The smallest absolute Gasteiger partial charge is 0.409 e. The predicted octanol–water partition coefficient (Wildman–Crippen LogP) is 3.09. The van der Waals surface area contributed by atoms with Gasteiger partial charge in [-0.05, 0) is 24.5 Å². The summed E-state index contributed by atoms with van der Waals surface area (Å²) in [7, 11) is 0. The maximum absolute atomic E-state index is 13.9. The molecular formula is C22H29F3N4O4. The Morgan fingerprint density at radius 1 is 1.15 bits per heavy atom. The summed E-state index contributed by atoms with van der Waals surface area (Å²) >= 11 is 0. The number of halogens is 3. The van der Waals surface area contributed by atoms with Crippen molar-refractivity contribution in [2.45, 2.75) is 38.9 Å². The summed E-state index contributed by atoms with van der Waals surface area (Å²) in [5.74, 6) is -1.35. The SMILES string of the molecule is CC(C)COC(=O)N1CCCN(CC(=O)N2c3ccccc3NC(=O)CC2C(F)(F)F)CC1. The molecule has 1 aromatic carbocycles. The molecule has 2 heterocycles. The number of nitrogens with one attached hydrogen (secondary N) is 1. The molecule has 11 heteroatoms. The summed E-state index contributed by atoms with van der Waals surface area (Å²) in [4.78, 5) is 41.5. The molecule has 33 heavy (non-hydrogen) atoms. The first-order chi connectivity index (χ1) is 15.6. The number of rotatable bonds is 4. The summed E-state index contributed by atoms with van der Waals surface area (Å²) in [5.41, 5.74) is 0.182. The van der Waals surface area contributed by atoms with Crippen LogP contribution < -0.4 is 10.2 Å². The van der Waals surface area contributed by atoms with Crippen molar-refractivity contribution >= 4 is 29.3 Å². The van der Waals surface area contributed by atoms with E-state index in [4.69, 9.17) is 4.74 Å². The van der Waals surface area contributed by atoms with Gasteiger partial charge in [0.25, 0.3) is 0 Å². The topological polar surface area (TPSA) is 82.2 Å². The number of para-hydroxylation sites is 2. The van der Waals surface area contributed by atoms with Crippen molar-refractivity contribution in [1.29, 1.82) is 0 Å². The monoisotopic (exact) mass is 470 g/mol. The molecule has 3 rings (SSSR count). The maximum atomic E-state index is 13.9. The molecule has 182 valence electrons. The standard InChI is InChI=1S/C22H29F3N4O4/c1-15(2)14-33-21(32)28-9-5-8-27(10-11-28)13-20(31)29-17-7-4-3-6-16(17)26-19(30)12-18(29)22(23,24)25/h3-4,6-7,15,18H,5,8-14H2,1-2H3,(H,26,30). The normalized spacial score (nSPS) is 20.1. The second-order valence-corrected chi connectivity index (χ2v) is 8.68. The van der Waals surface area contributed by atoms with Crippen LogP contribution in [0.3, 0.4) is 0 Å². The lowest BCUT2D eigenvalue weighted by Gasteiger charge is -2.33. The molecule has 1 unspecified atom stereocenters. The highest BCUT2D eigenvalue weighted by Crippen LogP contribution is 2.37. The molecule has 0 aliphatic carbocycles. The number of hydrogen-bond acceptors (Lipinski definition) is 5. The van der Waals surface area contributed by atoms with Crippen LogP contribution in [0.1, 0.15) is 26.7 Å². The zero-order valence-corrected chi connectivity index (χ0v) is 18.7. The Balaban J connectivity index is 1.73. The highest BCUT2D eigenvalue weighted by Gasteiger charge is 2.49. The van der Waals surface area contributed by atoms with Crippen LogP contribution in [-0.4, -0.2) is 79.3 Å². The van der Waals surface area contributed by atoms with Crippen LogP contribution in [0.2, 0.25) is 0 Å².